The molecule has 0 rings (SSSR count). The van der Waals surface area contributed by atoms with Crippen molar-refractivity contribution in [1.82, 2.24) is 0 Å². The van der Waals surface area contributed by atoms with Crippen LogP contribution in [0.1, 0.15) is 0 Å². The lowest BCUT2D eigenvalue weighted by molar-refractivity contribution is -0.136. The van der Waals surface area contributed by atoms with Gasteiger partial charge in [0, 0.05) is 12.2 Å². The monoisotopic (exact) mass is 170 g/mol. The minimum atomic E-state index is -1.27. The minimum Gasteiger partial charge on any atom is -0.478 e. The Morgan fingerprint density at radius 3 is 2.33 bits per heavy atom. The second kappa shape index (κ2) is 4.84. The van der Waals surface area contributed by atoms with Crippen molar-refractivity contribution >= 4 is 18.2 Å². The zero-order valence-corrected chi connectivity index (χ0v) is 6.02. The first-order valence-corrected chi connectivity index (χ1v) is 2.83. The van der Waals surface area contributed by atoms with E-state index in [1.807, 2.05) is 0 Å². The Kier molecular flexibility index (Phi) is 4.07. The Labute approximate surface area is 67.9 Å². The fourth-order valence-corrected chi connectivity index (χ4v) is 0.327. The maximum atomic E-state index is 10.5. The van der Waals surface area contributed by atoms with E-state index in [0.29, 0.717) is 12.2 Å². The van der Waals surface area contributed by atoms with Crippen LogP contribution < -0.4 is 0 Å². The van der Waals surface area contributed by atoms with Crippen molar-refractivity contribution in [3.8, 4) is 0 Å². The highest BCUT2D eigenvalue weighted by atomic mass is 16.5. The van der Waals surface area contributed by atoms with Crippen molar-refractivity contribution in [2.24, 2.45) is 0 Å². The molecule has 0 fully saturated rings. The number of carbonyl (C=O) groups is 3. The van der Waals surface area contributed by atoms with Gasteiger partial charge in [0.2, 0.25) is 0 Å². The quantitative estimate of drug-likeness (QED) is 0.275. The summed E-state index contributed by atoms with van der Waals surface area (Å²) in [6, 6.07) is 0. The van der Waals surface area contributed by atoms with Crippen LogP contribution in [0.2, 0.25) is 0 Å². The molecule has 0 atom stereocenters. The van der Waals surface area contributed by atoms with Crippen LogP contribution in [-0.4, -0.2) is 23.3 Å². The minimum absolute atomic E-state index is 0.243. The number of ether oxygens (including phenoxy) is 1. The van der Waals surface area contributed by atoms with Gasteiger partial charge in [-0.1, -0.05) is 6.58 Å². The zero-order chi connectivity index (χ0) is 9.56. The number of hydrogen-bond donors (Lipinski definition) is 1. The summed E-state index contributed by atoms with van der Waals surface area (Å²) in [5.74, 6) is -2.59. The van der Waals surface area contributed by atoms with Gasteiger partial charge in [0.15, 0.2) is 12.0 Å². The third-order valence-electron chi connectivity index (χ3n) is 0.725. The highest BCUT2D eigenvalue weighted by Crippen LogP contribution is 1.90. The first-order valence-electron chi connectivity index (χ1n) is 2.83. The van der Waals surface area contributed by atoms with E-state index in [0.717, 1.165) is 0 Å². The SMILES string of the molecule is C=C(C=O)OC(=O)/C=C\C(=O)O. The highest BCUT2D eigenvalue weighted by molar-refractivity contribution is 5.92. The summed E-state index contributed by atoms with van der Waals surface area (Å²) in [6.45, 7) is 3.05. The Bertz CT molecular complexity index is 251. The topological polar surface area (TPSA) is 80.7 Å². The number of carboxylic acid groups (broad SMARTS) is 1. The number of aldehydes is 1. The lowest BCUT2D eigenvalue weighted by Crippen LogP contribution is -2.01. The summed E-state index contributed by atoms with van der Waals surface area (Å²) in [6.07, 6.45) is 1.52. The molecule has 0 bridgehead atoms. The van der Waals surface area contributed by atoms with Crippen molar-refractivity contribution < 1.29 is 24.2 Å². The summed E-state index contributed by atoms with van der Waals surface area (Å²) in [7, 11) is 0. The summed E-state index contributed by atoms with van der Waals surface area (Å²) in [5, 5.41) is 8.07. The van der Waals surface area contributed by atoms with Gasteiger partial charge in [-0.3, -0.25) is 4.79 Å². The molecule has 0 aromatic carbocycles. The van der Waals surface area contributed by atoms with E-state index in [4.69, 9.17) is 5.11 Å². The predicted molar refractivity (Wildman–Crippen MR) is 38.1 cm³/mol. The normalized spacial score (nSPS) is 9.33. The summed E-state index contributed by atoms with van der Waals surface area (Å²) < 4.78 is 4.20. The molecule has 5 heteroatoms. The molecular formula is C7H6O5. The van der Waals surface area contributed by atoms with Crippen LogP contribution in [-0.2, 0) is 19.1 Å². The van der Waals surface area contributed by atoms with Crippen LogP contribution in [0.4, 0.5) is 0 Å². The van der Waals surface area contributed by atoms with Gasteiger partial charge in [0.25, 0.3) is 0 Å². The predicted octanol–water partition coefficient (Wildman–Crippen LogP) is -0.117. The molecule has 0 amide bonds. The average Bonchev–Trinajstić information content (AvgIpc) is 2.00. The van der Waals surface area contributed by atoms with E-state index in [1.54, 1.807) is 0 Å². The standard InChI is InChI=1S/C7H6O5/c1-5(4-8)12-7(11)3-2-6(9)10/h2-4H,1H2,(H,9,10)/b3-2-. The fraction of sp³-hybridized carbons (Fsp3) is 0. The molecule has 1 N–H and O–H groups in total. The molecule has 0 aromatic rings. The number of esters is 1. The molecule has 0 spiro atoms. The molecule has 0 saturated heterocycles. The van der Waals surface area contributed by atoms with Crippen LogP contribution >= 0.6 is 0 Å². The number of aliphatic carboxylic acids is 1. The lowest BCUT2D eigenvalue weighted by atomic mass is 10.5. The Morgan fingerprint density at radius 1 is 1.33 bits per heavy atom. The molecule has 0 aliphatic carbocycles. The van der Waals surface area contributed by atoms with Crippen molar-refractivity contribution in [1.29, 1.82) is 0 Å². The van der Waals surface area contributed by atoms with Gasteiger partial charge >= 0.3 is 11.9 Å². The smallest absolute Gasteiger partial charge is 0.336 e. The molecule has 64 valence electrons. The average molecular weight is 170 g/mol. The van der Waals surface area contributed by atoms with Crippen LogP contribution in [0, 0.1) is 0 Å². The van der Waals surface area contributed by atoms with Crippen molar-refractivity contribution in [2.75, 3.05) is 0 Å². The van der Waals surface area contributed by atoms with Gasteiger partial charge in [0.1, 0.15) is 0 Å². The molecule has 0 unspecified atom stereocenters. The third kappa shape index (κ3) is 4.92. The van der Waals surface area contributed by atoms with E-state index in [9.17, 15) is 14.4 Å². The highest BCUT2D eigenvalue weighted by Gasteiger charge is 1.99. The number of allylic oxidation sites excluding steroid dienone is 1. The summed E-state index contributed by atoms with van der Waals surface area (Å²) in [4.78, 5) is 30.3. The van der Waals surface area contributed by atoms with Crippen LogP contribution in [0.25, 0.3) is 0 Å². The van der Waals surface area contributed by atoms with Crippen LogP contribution in [0.3, 0.4) is 0 Å². The van der Waals surface area contributed by atoms with Crippen LogP contribution in [0.15, 0.2) is 24.5 Å². The van der Waals surface area contributed by atoms with Gasteiger partial charge in [-0.25, -0.2) is 9.59 Å². The second-order valence-corrected chi connectivity index (χ2v) is 1.68. The number of carbonyl (C=O) groups excluding carboxylic acids is 2. The van der Waals surface area contributed by atoms with Gasteiger partial charge in [-0.05, 0) is 0 Å². The van der Waals surface area contributed by atoms with Crippen molar-refractivity contribution in [3.05, 3.63) is 24.5 Å². The molecule has 12 heavy (non-hydrogen) atoms. The van der Waals surface area contributed by atoms with E-state index >= 15 is 0 Å². The molecule has 5 nitrogen and oxygen atoms in total. The molecule has 0 aromatic heterocycles. The van der Waals surface area contributed by atoms with E-state index < -0.39 is 11.9 Å². The Morgan fingerprint density at radius 2 is 1.92 bits per heavy atom. The van der Waals surface area contributed by atoms with Crippen molar-refractivity contribution in [3.63, 3.8) is 0 Å². The maximum absolute atomic E-state index is 10.5. The third-order valence-corrected chi connectivity index (χ3v) is 0.725. The van der Waals surface area contributed by atoms with Gasteiger partial charge < -0.3 is 9.84 Å². The fourth-order valence-electron chi connectivity index (χ4n) is 0.327. The largest absolute Gasteiger partial charge is 0.478 e. The zero-order valence-electron chi connectivity index (χ0n) is 6.02. The van der Waals surface area contributed by atoms with E-state index in [-0.39, 0.29) is 12.0 Å². The van der Waals surface area contributed by atoms with Gasteiger partial charge in [0.05, 0.1) is 0 Å². The van der Waals surface area contributed by atoms with E-state index in [1.165, 1.54) is 0 Å². The Hall–Kier alpha value is -1.91. The van der Waals surface area contributed by atoms with Gasteiger partial charge in [-0.15, -0.1) is 0 Å². The molecule has 0 aliphatic rings. The molecule has 0 radical (unpaired) electrons. The summed E-state index contributed by atoms with van der Waals surface area (Å²) in [5.41, 5.74) is 0. The van der Waals surface area contributed by atoms with Gasteiger partial charge in [-0.2, -0.15) is 0 Å². The second-order valence-electron chi connectivity index (χ2n) is 1.68. The molecule has 0 heterocycles. The number of rotatable bonds is 4. The Balaban J connectivity index is 3.98. The maximum Gasteiger partial charge on any atom is 0.336 e. The van der Waals surface area contributed by atoms with Crippen molar-refractivity contribution in [2.45, 2.75) is 0 Å². The van der Waals surface area contributed by atoms with Crippen LogP contribution in [0.5, 0.6) is 0 Å². The molecule has 0 aliphatic heterocycles. The number of carboxylic acids is 1. The van der Waals surface area contributed by atoms with E-state index in [2.05, 4.69) is 11.3 Å². The molecular weight excluding hydrogens is 164 g/mol. The first kappa shape index (κ1) is 10.1. The first-order chi connectivity index (χ1) is 5.56. The summed E-state index contributed by atoms with van der Waals surface area (Å²) >= 11 is 0. The lowest BCUT2D eigenvalue weighted by Gasteiger charge is -1.94. The number of hydrogen-bond acceptors (Lipinski definition) is 4. The molecule has 0 saturated carbocycles.